The number of carboxylic acid groups (broad SMARTS) is 1. The number of imidazole rings is 1. The zero-order valence-electron chi connectivity index (χ0n) is 15.8. The number of hydrogen-bond acceptors (Lipinski definition) is 8. The van der Waals surface area contributed by atoms with Crippen LogP contribution in [0.1, 0.15) is 31.1 Å². The Kier molecular flexibility index (Phi) is 6.01. The van der Waals surface area contributed by atoms with Crippen LogP contribution >= 0.6 is 0 Å². The van der Waals surface area contributed by atoms with E-state index in [1.54, 1.807) is 38.4 Å². The third-order valence-corrected chi connectivity index (χ3v) is 4.39. The molecule has 0 aliphatic heterocycles. The molecule has 0 aromatic carbocycles. The molecule has 3 atom stereocenters. The van der Waals surface area contributed by atoms with Gasteiger partial charge >= 0.3 is 5.97 Å². The third-order valence-electron chi connectivity index (χ3n) is 4.39. The van der Waals surface area contributed by atoms with E-state index in [4.69, 9.17) is 0 Å². The molecule has 0 saturated carbocycles. The molecule has 10 heteroatoms. The molecule has 0 fully saturated rings. The van der Waals surface area contributed by atoms with Gasteiger partial charge in [-0.05, 0) is 30.4 Å². The van der Waals surface area contributed by atoms with Crippen LogP contribution in [0.4, 0.5) is 5.82 Å². The van der Waals surface area contributed by atoms with E-state index >= 15 is 0 Å². The zero-order chi connectivity index (χ0) is 21.0. The number of carboxylic acids is 1. The number of aliphatic carboxylic acids is 1. The molecular formula is C19H20N6O4. The summed E-state index contributed by atoms with van der Waals surface area (Å²) < 4.78 is 1.21. The van der Waals surface area contributed by atoms with Crippen molar-refractivity contribution in [2.45, 2.75) is 25.7 Å². The van der Waals surface area contributed by atoms with Gasteiger partial charge in [-0.3, -0.25) is 9.36 Å². The van der Waals surface area contributed by atoms with Gasteiger partial charge in [0.05, 0.1) is 12.2 Å². The first-order valence-corrected chi connectivity index (χ1v) is 8.90. The summed E-state index contributed by atoms with van der Waals surface area (Å²) in [6, 6.07) is 5.32. The molecule has 3 rings (SSSR count). The van der Waals surface area contributed by atoms with Crippen molar-refractivity contribution in [3.8, 4) is 11.8 Å². The van der Waals surface area contributed by atoms with Crippen molar-refractivity contribution < 1.29 is 20.1 Å². The van der Waals surface area contributed by atoms with Crippen molar-refractivity contribution in [1.82, 2.24) is 24.5 Å². The van der Waals surface area contributed by atoms with Crippen molar-refractivity contribution in [3.05, 3.63) is 42.2 Å². The number of fused-ring (bicyclic) bond motifs is 1. The monoisotopic (exact) mass is 396 g/mol. The number of aromatic nitrogens is 5. The lowest BCUT2D eigenvalue weighted by atomic mass is 9.98. The summed E-state index contributed by atoms with van der Waals surface area (Å²) in [5, 5.41) is 33.1. The molecule has 0 aliphatic carbocycles. The Hall–Kier alpha value is -3.55. The molecule has 4 N–H and O–H groups in total. The minimum absolute atomic E-state index is 0.151. The van der Waals surface area contributed by atoms with Gasteiger partial charge in [0.25, 0.3) is 0 Å². The van der Waals surface area contributed by atoms with Crippen LogP contribution in [0.5, 0.6) is 0 Å². The van der Waals surface area contributed by atoms with E-state index in [1.165, 1.54) is 10.9 Å². The van der Waals surface area contributed by atoms with Crippen molar-refractivity contribution in [2.24, 2.45) is 5.92 Å². The molecule has 10 nitrogen and oxygen atoms in total. The number of hydrogen-bond donors (Lipinski definition) is 4. The van der Waals surface area contributed by atoms with Crippen molar-refractivity contribution in [3.63, 3.8) is 0 Å². The normalized spacial score (nSPS) is 13.9. The fraction of sp³-hybridized carbons (Fsp3) is 0.316. The number of rotatable bonds is 6. The first-order chi connectivity index (χ1) is 14.0. The highest BCUT2D eigenvalue weighted by Crippen LogP contribution is 2.25. The second-order valence-electron chi connectivity index (χ2n) is 6.19. The molecule has 3 aromatic rings. The van der Waals surface area contributed by atoms with Crippen molar-refractivity contribution in [2.75, 3.05) is 12.4 Å². The van der Waals surface area contributed by atoms with Crippen LogP contribution in [0.2, 0.25) is 0 Å². The number of pyridine rings is 1. The summed E-state index contributed by atoms with van der Waals surface area (Å²) in [6.07, 6.45) is -0.0636. The largest absolute Gasteiger partial charge is 0.481 e. The molecule has 150 valence electrons. The second kappa shape index (κ2) is 8.64. The lowest BCUT2D eigenvalue weighted by molar-refractivity contribution is -0.152. The summed E-state index contributed by atoms with van der Waals surface area (Å²) in [4.78, 5) is 28.2. The maximum atomic E-state index is 11.3. The van der Waals surface area contributed by atoms with Crippen molar-refractivity contribution in [1.29, 1.82) is 0 Å². The molecule has 0 aliphatic rings. The summed E-state index contributed by atoms with van der Waals surface area (Å²) in [5.41, 5.74) is 1.10. The molecule has 3 heterocycles. The van der Waals surface area contributed by atoms with E-state index in [0.29, 0.717) is 17.0 Å². The first-order valence-electron chi connectivity index (χ1n) is 8.90. The van der Waals surface area contributed by atoms with Crippen LogP contribution in [0.3, 0.4) is 0 Å². The number of carbonyl (C=O) groups is 1. The number of aliphatic hydroxyl groups is 2. The summed E-state index contributed by atoms with van der Waals surface area (Å²) in [7, 11) is 1.65. The Morgan fingerprint density at radius 2 is 2.03 bits per heavy atom. The van der Waals surface area contributed by atoms with E-state index in [2.05, 4.69) is 37.1 Å². The molecule has 0 radical (unpaired) electrons. The van der Waals surface area contributed by atoms with Gasteiger partial charge in [-0.25, -0.2) is 19.9 Å². The molecule has 0 unspecified atom stereocenters. The quantitative estimate of drug-likeness (QED) is 0.440. The van der Waals surface area contributed by atoms with Gasteiger partial charge in [-0.1, -0.05) is 13.0 Å². The summed E-state index contributed by atoms with van der Waals surface area (Å²) in [5.74, 6) is 3.85. The average molecular weight is 396 g/mol. The fourth-order valence-corrected chi connectivity index (χ4v) is 2.83. The minimum atomic E-state index is -1.56. The topological polar surface area (TPSA) is 146 Å². The summed E-state index contributed by atoms with van der Waals surface area (Å²) in [6.45, 7) is 1.62. The maximum absolute atomic E-state index is 11.3. The molecule has 0 amide bonds. The van der Waals surface area contributed by atoms with E-state index in [0.717, 1.165) is 0 Å². The van der Waals surface area contributed by atoms with Crippen LogP contribution in [-0.4, -0.2) is 58.9 Å². The Morgan fingerprint density at radius 1 is 1.24 bits per heavy atom. The fourth-order valence-electron chi connectivity index (χ4n) is 2.83. The SMILES string of the molecule is CC[C@H](C(=O)O)[C@@H](O)[C@@H](O)n1cnc2c(NC)nc(C#Cc3ccccn3)nc21. The smallest absolute Gasteiger partial charge is 0.309 e. The molecule has 0 bridgehead atoms. The predicted octanol–water partition coefficient (Wildman–Crippen LogP) is 0.625. The lowest BCUT2D eigenvalue weighted by Crippen LogP contribution is -2.35. The van der Waals surface area contributed by atoms with Crippen LogP contribution in [0.15, 0.2) is 30.7 Å². The Bertz CT molecular complexity index is 1070. The molecule has 3 aromatic heterocycles. The highest BCUT2D eigenvalue weighted by atomic mass is 16.4. The average Bonchev–Trinajstić information content (AvgIpc) is 3.16. The van der Waals surface area contributed by atoms with Gasteiger partial charge in [0.15, 0.2) is 23.2 Å². The second-order valence-corrected chi connectivity index (χ2v) is 6.19. The Morgan fingerprint density at radius 3 is 2.66 bits per heavy atom. The van der Waals surface area contributed by atoms with Crippen molar-refractivity contribution >= 4 is 23.0 Å². The van der Waals surface area contributed by atoms with E-state index in [9.17, 15) is 20.1 Å². The number of nitrogens with one attached hydrogen (secondary N) is 1. The highest BCUT2D eigenvalue weighted by Gasteiger charge is 2.32. The van der Waals surface area contributed by atoms with Gasteiger partial charge in [0.1, 0.15) is 11.8 Å². The van der Waals surface area contributed by atoms with E-state index in [1.807, 2.05) is 0 Å². The molecule has 29 heavy (non-hydrogen) atoms. The highest BCUT2D eigenvalue weighted by molar-refractivity contribution is 5.83. The molecule has 0 saturated heterocycles. The van der Waals surface area contributed by atoms with Gasteiger partial charge in [-0.15, -0.1) is 0 Å². The number of nitrogens with zero attached hydrogens (tertiary/aromatic N) is 5. The van der Waals surface area contributed by atoms with Gasteiger partial charge < -0.3 is 20.6 Å². The van der Waals surface area contributed by atoms with Gasteiger partial charge in [-0.2, -0.15) is 0 Å². The van der Waals surface area contributed by atoms with Gasteiger partial charge in [0.2, 0.25) is 5.82 Å². The predicted molar refractivity (Wildman–Crippen MR) is 104 cm³/mol. The van der Waals surface area contributed by atoms with E-state index in [-0.39, 0.29) is 17.9 Å². The molecule has 0 spiro atoms. The minimum Gasteiger partial charge on any atom is -0.481 e. The Balaban J connectivity index is 2.04. The van der Waals surface area contributed by atoms with Crippen LogP contribution in [0.25, 0.3) is 11.2 Å². The Labute approximate surface area is 166 Å². The van der Waals surface area contributed by atoms with Crippen LogP contribution < -0.4 is 5.32 Å². The van der Waals surface area contributed by atoms with Crippen LogP contribution in [-0.2, 0) is 4.79 Å². The lowest BCUT2D eigenvalue weighted by Gasteiger charge is -2.23. The zero-order valence-corrected chi connectivity index (χ0v) is 15.8. The van der Waals surface area contributed by atoms with E-state index < -0.39 is 24.2 Å². The number of aliphatic hydroxyl groups excluding tert-OH is 2. The number of anilines is 1. The summed E-state index contributed by atoms with van der Waals surface area (Å²) >= 11 is 0. The third kappa shape index (κ3) is 4.16. The first kappa shape index (κ1) is 20.2. The van der Waals surface area contributed by atoms with Crippen LogP contribution in [0, 0.1) is 17.8 Å². The van der Waals surface area contributed by atoms with Gasteiger partial charge in [0, 0.05) is 13.2 Å². The standard InChI is InChI=1S/C19H20N6O4/c1-3-12(19(28)29)15(26)18(27)25-10-22-14-16(20-2)23-13(24-17(14)25)8-7-11-6-4-5-9-21-11/h4-6,9-10,12,15,18,26-27H,3H2,1-2H3,(H,28,29)(H,20,23,24)/t12-,15+,18+/m0/s1. The molecular weight excluding hydrogens is 376 g/mol. The maximum Gasteiger partial charge on any atom is 0.309 e.